The highest BCUT2D eigenvalue weighted by Crippen LogP contribution is 2.54. The van der Waals surface area contributed by atoms with Gasteiger partial charge in [0.2, 0.25) is 5.91 Å². The number of hydrogen-bond acceptors (Lipinski definition) is 3. The third-order valence-electron chi connectivity index (χ3n) is 4.39. The van der Waals surface area contributed by atoms with Gasteiger partial charge in [0.25, 0.3) is 0 Å². The predicted molar refractivity (Wildman–Crippen MR) is 68.5 cm³/mol. The fourth-order valence-corrected chi connectivity index (χ4v) is 3.15. The van der Waals surface area contributed by atoms with Crippen LogP contribution in [0.5, 0.6) is 0 Å². The van der Waals surface area contributed by atoms with Crippen LogP contribution in [0.4, 0.5) is 0 Å². The number of nitrogens with zero attached hydrogens (tertiary/aromatic N) is 1. The van der Waals surface area contributed by atoms with Gasteiger partial charge in [0.15, 0.2) is 0 Å². The number of pyridine rings is 1. The molecule has 4 nitrogen and oxygen atoms in total. The summed E-state index contributed by atoms with van der Waals surface area (Å²) in [7, 11) is 0. The van der Waals surface area contributed by atoms with Crippen LogP contribution >= 0.6 is 0 Å². The Kier molecular flexibility index (Phi) is 2.82. The van der Waals surface area contributed by atoms with E-state index in [1.807, 2.05) is 19.1 Å². The number of aryl methyl sites for hydroxylation is 1. The average Bonchev–Trinajstić information content (AvgIpc) is 3.08. The van der Waals surface area contributed by atoms with Crippen LogP contribution in [0.2, 0.25) is 0 Å². The molecule has 4 atom stereocenters. The Morgan fingerprint density at radius 1 is 1.50 bits per heavy atom. The highest BCUT2D eigenvalue weighted by Gasteiger charge is 2.55. The number of nitrogens with two attached hydrogens (primary N) is 1. The molecule has 0 unspecified atom stereocenters. The van der Waals surface area contributed by atoms with Gasteiger partial charge in [-0.15, -0.1) is 0 Å². The van der Waals surface area contributed by atoms with Gasteiger partial charge in [0.05, 0.1) is 0 Å². The molecule has 2 aliphatic rings. The van der Waals surface area contributed by atoms with E-state index in [4.69, 9.17) is 5.73 Å². The first-order valence-corrected chi connectivity index (χ1v) is 6.60. The number of carbonyl (C=O) groups excluding carboxylic acids is 1. The lowest BCUT2D eigenvalue weighted by Crippen LogP contribution is -2.32. The maximum Gasteiger partial charge on any atom is 0.223 e. The van der Waals surface area contributed by atoms with Crippen LogP contribution in [-0.2, 0) is 11.3 Å². The number of nitrogens with one attached hydrogen (secondary N) is 1. The van der Waals surface area contributed by atoms with Crippen molar-refractivity contribution in [1.29, 1.82) is 0 Å². The standard InChI is InChI=1S/C14H19N3O/c1-8-9(3-2-4-16-8)7-17-14(18)12-6-13(15)11-5-10(11)12/h2-4,10-13H,5-7,15H2,1H3,(H,17,18)/t10-,11+,12-,13+/m1/s1. The van der Waals surface area contributed by atoms with Gasteiger partial charge in [0.1, 0.15) is 0 Å². The minimum Gasteiger partial charge on any atom is -0.352 e. The van der Waals surface area contributed by atoms with Crippen molar-refractivity contribution in [2.75, 3.05) is 0 Å². The Labute approximate surface area is 107 Å². The van der Waals surface area contributed by atoms with Crippen molar-refractivity contribution < 1.29 is 4.79 Å². The first-order valence-electron chi connectivity index (χ1n) is 6.60. The van der Waals surface area contributed by atoms with E-state index in [0.29, 0.717) is 18.4 Å². The lowest BCUT2D eigenvalue weighted by molar-refractivity contribution is -0.125. The van der Waals surface area contributed by atoms with E-state index in [9.17, 15) is 4.79 Å². The largest absolute Gasteiger partial charge is 0.352 e. The van der Waals surface area contributed by atoms with E-state index in [1.54, 1.807) is 6.20 Å². The summed E-state index contributed by atoms with van der Waals surface area (Å²) in [4.78, 5) is 16.3. The van der Waals surface area contributed by atoms with Crippen LogP contribution in [0, 0.1) is 24.7 Å². The molecule has 3 N–H and O–H groups in total. The molecule has 4 heteroatoms. The van der Waals surface area contributed by atoms with E-state index in [1.165, 1.54) is 0 Å². The van der Waals surface area contributed by atoms with Gasteiger partial charge in [-0.2, -0.15) is 0 Å². The number of amides is 1. The molecule has 96 valence electrons. The SMILES string of the molecule is Cc1ncccc1CNC(=O)[C@@H]1C[C@H](N)[C@H]2C[C@H]21. The molecule has 0 bridgehead atoms. The van der Waals surface area contributed by atoms with Crippen LogP contribution in [0.1, 0.15) is 24.1 Å². The number of carbonyl (C=O) groups is 1. The molecule has 0 aliphatic heterocycles. The van der Waals surface area contributed by atoms with Gasteiger partial charge < -0.3 is 11.1 Å². The van der Waals surface area contributed by atoms with Gasteiger partial charge in [-0.1, -0.05) is 6.07 Å². The van der Waals surface area contributed by atoms with Crippen LogP contribution in [0.3, 0.4) is 0 Å². The zero-order chi connectivity index (χ0) is 12.7. The zero-order valence-corrected chi connectivity index (χ0v) is 10.6. The van der Waals surface area contributed by atoms with Crippen molar-refractivity contribution >= 4 is 5.91 Å². The zero-order valence-electron chi connectivity index (χ0n) is 10.6. The second kappa shape index (κ2) is 4.35. The highest BCUT2D eigenvalue weighted by atomic mass is 16.1. The molecule has 2 saturated carbocycles. The van der Waals surface area contributed by atoms with Crippen molar-refractivity contribution in [3.63, 3.8) is 0 Å². The van der Waals surface area contributed by atoms with Crippen LogP contribution in [0.15, 0.2) is 18.3 Å². The van der Waals surface area contributed by atoms with Crippen LogP contribution in [-0.4, -0.2) is 16.9 Å². The fourth-order valence-electron chi connectivity index (χ4n) is 3.15. The third kappa shape index (κ3) is 2.01. The Hall–Kier alpha value is -1.42. The summed E-state index contributed by atoms with van der Waals surface area (Å²) in [6.07, 6.45) is 3.77. The molecular formula is C14H19N3O. The summed E-state index contributed by atoms with van der Waals surface area (Å²) in [5.74, 6) is 1.47. The normalized spacial score (nSPS) is 33.0. The smallest absolute Gasteiger partial charge is 0.223 e. The molecule has 0 saturated heterocycles. The minimum atomic E-state index is 0.141. The predicted octanol–water partition coefficient (Wildman–Crippen LogP) is 0.990. The summed E-state index contributed by atoms with van der Waals surface area (Å²) in [6, 6.07) is 4.14. The lowest BCUT2D eigenvalue weighted by Gasteiger charge is -2.14. The minimum absolute atomic E-state index is 0.141. The van der Waals surface area contributed by atoms with Crippen molar-refractivity contribution in [3.8, 4) is 0 Å². The van der Waals surface area contributed by atoms with Crippen molar-refractivity contribution in [1.82, 2.24) is 10.3 Å². The van der Waals surface area contributed by atoms with Gasteiger partial charge in [-0.3, -0.25) is 9.78 Å². The summed E-state index contributed by atoms with van der Waals surface area (Å²) in [5.41, 5.74) is 8.05. The van der Waals surface area contributed by atoms with Crippen molar-refractivity contribution in [2.24, 2.45) is 23.5 Å². The summed E-state index contributed by atoms with van der Waals surface area (Å²) < 4.78 is 0. The first kappa shape index (κ1) is 11.7. The maximum atomic E-state index is 12.1. The molecule has 2 aliphatic carbocycles. The Morgan fingerprint density at radius 2 is 2.33 bits per heavy atom. The monoisotopic (exact) mass is 245 g/mol. The molecule has 3 rings (SSSR count). The molecule has 1 aromatic rings. The molecule has 1 heterocycles. The molecule has 1 aromatic heterocycles. The number of aromatic nitrogens is 1. The second-order valence-electron chi connectivity index (χ2n) is 5.54. The first-order chi connectivity index (χ1) is 8.66. The molecule has 0 spiro atoms. The van der Waals surface area contributed by atoms with Crippen molar-refractivity contribution in [3.05, 3.63) is 29.6 Å². The van der Waals surface area contributed by atoms with E-state index in [2.05, 4.69) is 10.3 Å². The second-order valence-corrected chi connectivity index (χ2v) is 5.54. The fraction of sp³-hybridized carbons (Fsp3) is 0.571. The molecular weight excluding hydrogens is 226 g/mol. The van der Waals surface area contributed by atoms with Crippen LogP contribution < -0.4 is 11.1 Å². The summed E-state index contributed by atoms with van der Waals surface area (Å²) in [5, 5.41) is 3.02. The van der Waals surface area contributed by atoms with E-state index in [0.717, 1.165) is 24.1 Å². The van der Waals surface area contributed by atoms with Gasteiger partial charge >= 0.3 is 0 Å². The number of rotatable bonds is 3. The molecule has 18 heavy (non-hydrogen) atoms. The highest BCUT2D eigenvalue weighted by molar-refractivity contribution is 5.80. The third-order valence-corrected chi connectivity index (χ3v) is 4.39. The summed E-state index contributed by atoms with van der Waals surface area (Å²) in [6.45, 7) is 2.53. The molecule has 0 aromatic carbocycles. The van der Waals surface area contributed by atoms with Gasteiger partial charge in [-0.05, 0) is 43.2 Å². The van der Waals surface area contributed by atoms with Gasteiger partial charge in [0, 0.05) is 30.4 Å². The van der Waals surface area contributed by atoms with E-state index in [-0.39, 0.29) is 17.9 Å². The topological polar surface area (TPSA) is 68.0 Å². The van der Waals surface area contributed by atoms with E-state index >= 15 is 0 Å². The number of fused-ring (bicyclic) bond motifs is 1. The van der Waals surface area contributed by atoms with Gasteiger partial charge in [-0.25, -0.2) is 0 Å². The average molecular weight is 245 g/mol. The molecule has 2 fully saturated rings. The Morgan fingerprint density at radius 3 is 2.94 bits per heavy atom. The van der Waals surface area contributed by atoms with Crippen LogP contribution in [0.25, 0.3) is 0 Å². The lowest BCUT2D eigenvalue weighted by atomic mass is 10.0. The van der Waals surface area contributed by atoms with E-state index < -0.39 is 0 Å². The Bertz CT molecular complexity index is 474. The quantitative estimate of drug-likeness (QED) is 0.834. The molecule has 1 amide bonds. The Balaban J connectivity index is 1.58. The van der Waals surface area contributed by atoms with Crippen molar-refractivity contribution in [2.45, 2.75) is 32.4 Å². The molecule has 0 radical (unpaired) electrons. The summed E-state index contributed by atoms with van der Waals surface area (Å²) >= 11 is 0. The number of hydrogen-bond donors (Lipinski definition) is 2. The maximum absolute atomic E-state index is 12.1.